The molecule has 0 aliphatic rings. The second-order valence-corrected chi connectivity index (χ2v) is 6.81. The Morgan fingerprint density at radius 1 is 0.758 bits per heavy atom. The van der Waals surface area contributed by atoms with Gasteiger partial charge in [-0.1, -0.05) is 0 Å². The van der Waals surface area contributed by atoms with Gasteiger partial charge in [0.05, 0.1) is 26.4 Å². The molecule has 0 aliphatic carbocycles. The van der Waals surface area contributed by atoms with Crippen LogP contribution in [0.3, 0.4) is 0 Å². The topological polar surface area (TPSA) is 190 Å². The average molecular weight is 478 g/mol. The molecule has 1 unspecified atom stereocenters. The molecule has 0 fully saturated rings. The molecule has 0 spiro atoms. The maximum atomic E-state index is 11.8. The van der Waals surface area contributed by atoms with Gasteiger partial charge in [0.25, 0.3) is 0 Å². The summed E-state index contributed by atoms with van der Waals surface area (Å²) < 4.78 is 15.5. The molecular formula is C20H35N3O10. The van der Waals surface area contributed by atoms with Gasteiger partial charge in [0.1, 0.15) is 12.6 Å². The van der Waals surface area contributed by atoms with E-state index in [9.17, 15) is 24.0 Å². The van der Waals surface area contributed by atoms with Gasteiger partial charge in [-0.15, -0.1) is 0 Å². The quantitative estimate of drug-likeness (QED) is 0.127. The van der Waals surface area contributed by atoms with E-state index in [1.54, 1.807) is 0 Å². The van der Waals surface area contributed by atoms with Crippen molar-refractivity contribution in [2.45, 2.75) is 45.1 Å². The molecule has 1 atom stereocenters. The summed E-state index contributed by atoms with van der Waals surface area (Å²) in [6.45, 7) is 4.07. The first-order valence-electron chi connectivity index (χ1n) is 10.8. The number of carbonyl (C=O) groups excluding carboxylic acids is 3. The summed E-state index contributed by atoms with van der Waals surface area (Å²) in [7, 11) is 0. The molecule has 13 nitrogen and oxygen atoms in total. The van der Waals surface area contributed by atoms with E-state index in [-0.39, 0.29) is 71.0 Å². The van der Waals surface area contributed by atoms with Crippen LogP contribution in [0.15, 0.2) is 0 Å². The van der Waals surface area contributed by atoms with Crippen molar-refractivity contribution in [3.63, 3.8) is 0 Å². The minimum atomic E-state index is -1.28. The number of amides is 3. The summed E-state index contributed by atoms with van der Waals surface area (Å²) >= 11 is 0. The van der Waals surface area contributed by atoms with Gasteiger partial charge >= 0.3 is 11.9 Å². The molecule has 0 bridgehead atoms. The monoisotopic (exact) mass is 477 g/mol. The number of nitrogens with one attached hydrogen (secondary N) is 3. The van der Waals surface area contributed by atoms with Crippen LogP contribution in [-0.4, -0.2) is 98.6 Å². The molecule has 33 heavy (non-hydrogen) atoms. The lowest BCUT2D eigenvalue weighted by atomic mass is 10.1. The molecule has 13 heteroatoms. The molecule has 0 heterocycles. The number of aliphatic carboxylic acids is 2. The highest BCUT2D eigenvalue weighted by Crippen LogP contribution is 2.01. The predicted molar refractivity (Wildman–Crippen MR) is 114 cm³/mol. The smallest absolute Gasteiger partial charge is 0.326 e. The Bertz CT molecular complexity index is 615. The number of carboxylic acids is 2. The van der Waals surface area contributed by atoms with Gasteiger partial charge in [-0.25, -0.2) is 4.79 Å². The SMILES string of the molecule is CCOCCNC(=O)COCCOCCNC(=O)CCC(NC(=O)CCCC(=O)O)C(=O)O. The van der Waals surface area contributed by atoms with Gasteiger partial charge in [-0.3, -0.25) is 19.2 Å². The van der Waals surface area contributed by atoms with Crippen molar-refractivity contribution < 1.29 is 48.4 Å². The lowest BCUT2D eigenvalue weighted by Crippen LogP contribution is -2.41. The summed E-state index contributed by atoms with van der Waals surface area (Å²) in [6.07, 6.45) is -0.421. The highest BCUT2D eigenvalue weighted by atomic mass is 16.5. The summed E-state index contributed by atoms with van der Waals surface area (Å²) in [5.41, 5.74) is 0. The van der Waals surface area contributed by atoms with Gasteiger partial charge in [0.15, 0.2) is 0 Å². The molecule has 0 aromatic carbocycles. The number of carboxylic acid groups (broad SMARTS) is 2. The van der Waals surface area contributed by atoms with Crippen molar-refractivity contribution in [3.8, 4) is 0 Å². The Kier molecular flexibility index (Phi) is 18.2. The highest BCUT2D eigenvalue weighted by molar-refractivity contribution is 5.84. The number of carbonyl (C=O) groups is 5. The Morgan fingerprint density at radius 3 is 2.03 bits per heavy atom. The first-order chi connectivity index (χ1) is 15.8. The van der Waals surface area contributed by atoms with Crippen molar-refractivity contribution in [2.24, 2.45) is 0 Å². The van der Waals surface area contributed by atoms with E-state index in [1.807, 2.05) is 6.92 Å². The van der Waals surface area contributed by atoms with E-state index in [2.05, 4.69) is 16.0 Å². The van der Waals surface area contributed by atoms with Gasteiger partial charge in [0, 0.05) is 39.0 Å². The first kappa shape index (κ1) is 30.2. The maximum absolute atomic E-state index is 11.8. The van der Waals surface area contributed by atoms with Crippen LogP contribution in [0.2, 0.25) is 0 Å². The molecule has 0 saturated carbocycles. The molecule has 0 aliphatic heterocycles. The van der Waals surface area contributed by atoms with Crippen molar-refractivity contribution in [1.82, 2.24) is 16.0 Å². The molecule has 0 aromatic heterocycles. The third-order valence-corrected chi connectivity index (χ3v) is 4.03. The van der Waals surface area contributed by atoms with Gasteiger partial charge in [-0.05, 0) is 19.8 Å². The minimum absolute atomic E-state index is 0.0902. The van der Waals surface area contributed by atoms with Crippen molar-refractivity contribution in [2.75, 3.05) is 52.7 Å². The largest absolute Gasteiger partial charge is 0.481 e. The third kappa shape index (κ3) is 19.6. The molecule has 0 rings (SSSR count). The van der Waals surface area contributed by atoms with E-state index in [1.165, 1.54) is 0 Å². The van der Waals surface area contributed by atoms with E-state index in [0.717, 1.165) is 0 Å². The van der Waals surface area contributed by atoms with Crippen LogP contribution in [-0.2, 0) is 38.2 Å². The van der Waals surface area contributed by atoms with Crippen LogP contribution >= 0.6 is 0 Å². The fraction of sp³-hybridized carbons (Fsp3) is 0.750. The summed E-state index contributed by atoms with van der Waals surface area (Å²) in [5.74, 6) is -3.55. The summed E-state index contributed by atoms with van der Waals surface area (Å²) in [6, 6.07) is -1.24. The van der Waals surface area contributed by atoms with Gasteiger partial charge in [-0.2, -0.15) is 0 Å². The maximum Gasteiger partial charge on any atom is 0.326 e. The van der Waals surface area contributed by atoms with Crippen LogP contribution in [0.4, 0.5) is 0 Å². The van der Waals surface area contributed by atoms with E-state index < -0.39 is 29.8 Å². The summed E-state index contributed by atoms with van der Waals surface area (Å²) in [4.78, 5) is 56.6. The second-order valence-electron chi connectivity index (χ2n) is 6.81. The second kappa shape index (κ2) is 19.9. The molecule has 0 saturated heterocycles. The average Bonchev–Trinajstić information content (AvgIpc) is 2.75. The van der Waals surface area contributed by atoms with Crippen LogP contribution in [0.1, 0.15) is 39.0 Å². The molecule has 0 radical (unpaired) electrons. The minimum Gasteiger partial charge on any atom is -0.481 e. The van der Waals surface area contributed by atoms with E-state index in [4.69, 9.17) is 24.4 Å². The fourth-order valence-corrected chi connectivity index (χ4v) is 2.39. The Balaban J connectivity index is 3.78. The number of ether oxygens (including phenoxy) is 3. The van der Waals surface area contributed by atoms with Crippen molar-refractivity contribution >= 4 is 29.7 Å². The van der Waals surface area contributed by atoms with Crippen molar-refractivity contribution in [1.29, 1.82) is 0 Å². The van der Waals surface area contributed by atoms with Gasteiger partial charge in [0.2, 0.25) is 17.7 Å². The van der Waals surface area contributed by atoms with Crippen molar-refractivity contribution in [3.05, 3.63) is 0 Å². The standard InChI is InChI=1S/C20H35N3O10/c1-2-31-10-8-22-18(26)14-33-13-12-32-11-9-21-16(24)7-6-15(20(29)30)23-17(25)4-3-5-19(27)28/h15H,2-14H2,1H3,(H,21,24)(H,22,26)(H,23,25)(H,27,28)(H,29,30). The lowest BCUT2D eigenvalue weighted by Gasteiger charge is -2.14. The first-order valence-corrected chi connectivity index (χ1v) is 10.8. The Morgan fingerprint density at radius 2 is 1.39 bits per heavy atom. The summed E-state index contributed by atoms with van der Waals surface area (Å²) in [5, 5.41) is 25.2. The molecular weight excluding hydrogens is 442 g/mol. The van der Waals surface area contributed by atoms with Crippen LogP contribution in [0.25, 0.3) is 0 Å². The zero-order valence-corrected chi connectivity index (χ0v) is 18.9. The van der Waals surface area contributed by atoms with Crippen LogP contribution in [0, 0.1) is 0 Å². The molecule has 3 amide bonds. The molecule has 5 N–H and O–H groups in total. The highest BCUT2D eigenvalue weighted by Gasteiger charge is 2.20. The Labute approximate surface area is 192 Å². The predicted octanol–water partition coefficient (Wildman–Crippen LogP) is -1.11. The Hall–Kier alpha value is -2.77. The van der Waals surface area contributed by atoms with E-state index in [0.29, 0.717) is 19.8 Å². The third-order valence-electron chi connectivity index (χ3n) is 4.03. The zero-order valence-electron chi connectivity index (χ0n) is 18.9. The van der Waals surface area contributed by atoms with Gasteiger partial charge < -0.3 is 40.4 Å². The fourth-order valence-electron chi connectivity index (χ4n) is 2.39. The number of rotatable bonds is 21. The lowest BCUT2D eigenvalue weighted by molar-refractivity contribution is -0.142. The normalized spacial score (nSPS) is 11.4. The van der Waals surface area contributed by atoms with Crippen LogP contribution < -0.4 is 16.0 Å². The zero-order chi connectivity index (χ0) is 24.9. The number of hydrogen-bond donors (Lipinski definition) is 5. The number of hydrogen-bond acceptors (Lipinski definition) is 8. The van der Waals surface area contributed by atoms with Crippen LogP contribution in [0.5, 0.6) is 0 Å². The molecule has 190 valence electrons. The molecule has 0 aromatic rings. The van der Waals surface area contributed by atoms with E-state index >= 15 is 0 Å².